The topological polar surface area (TPSA) is 143 Å². The molecule has 10 nitrogen and oxygen atoms in total. The maximum atomic E-state index is 12.1. The Morgan fingerprint density at radius 1 is 1.10 bits per heavy atom. The van der Waals surface area contributed by atoms with Crippen LogP contribution in [0.4, 0.5) is 5.69 Å². The number of aliphatic carboxylic acids is 2. The summed E-state index contributed by atoms with van der Waals surface area (Å²) in [5.74, 6) is -2.89. The molecule has 0 saturated carbocycles. The molecule has 1 saturated heterocycles. The number of carbonyl (C=O) groups excluding carboxylic acids is 2. The summed E-state index contributed by atoms with van der Waals surface area (Å²) >= 11 is 0. The fourth-order valence-electron chi connectivity index (χ4n) is 3.56. The number of piperazine rings is 1. The van der Waals surface area contributed by atoms with E-state index in [1.165, 1.54) is 6.92 Å². The van der Waals surface area contributed by atoms with E-state index in [2.05, 4.69) is 10.3 Å². The van der Waals surface area contributed by atoms with Gasteiger partial charge in [-0.2, -0.15) is 0 Å². The van der Waals surface area contributed by atoms with Crippen LogP contribution in [0.3, 0.4) is 0 Å². The van der Waals surface area contributed by atoms with Gasteiger partial charge in [-0.15, -0.1) is 0 Å². The predicted octanol–water partition coefficient (Wildman–Crippen LogP) is 1.04. The molecule has 158 valence electrons. The molecule has 1 aromatic carbocycles. The predicted molar refractivity (Wildman–Crippen MR) is 108 cm³/mol. The molecule has 4 N–H and O–H groups in total. The molecule has 3 rings (SSSR count). The Kier molecular flexibility index (Phi) is 6.17. The number of anilines is 1. The smallest absolute Gasteiger partial charge is 0.328 e. The van der Waals surface area contributed by atoms with Crippen molar-refractivity contribution in [2.45, 2.75) is 13.0 Å². The van der Waals surface area contributed by atoms with Gasteiger partial charge >= 0.3 is 11.9 Å². The fourth-order valence-corrected chi connectivity index (χ4v) is 3.56. The molecule has 1 aliphatic heterocycles. The number of carboxylic acids is 2. The van der Waals surface area contributed by atoms with Gasteiger partial charge in [-0.1, -0.05) is 0 Å². The van der Waals surface area contributed by atoms with Crippen LogP contribution in [-0.2, 0) is 19.2 Å². The van der Waals surface area contributed by atoms with Crippen molar-refractivity contribution >= 4 is 40.3 Å². The number of nitrogens with one attached hydrogen (secondary N) is 2. The van der Waals surface area contributed by atoms with Crippen LogP contribution in [-0.4, -0.2) is 74.9 Å². The maximum absolute atomic E-state index is 12.1. The zero-order chi connectivity index (χ0) is 21.8. The van der Waals surface area contributed by atoms with Gasteiger partial charge in [0.1, 0.15) is 6.04 Å². The second-order valence-electron chi connectivity index (χ2n) is 6.95. The lowest BCUT2D eigenvalue weighted by Gasteiger charge is -2.37. The van der Waals surface area contributed by atoms with Crippen molar-refractivity contribution in [3.05, 3.63) is 42.1 Å². The highest BCUT2D eigenvalue weighted by atomic mass is 16.4. The zero-order valence-electron chi connectivity index (χ0n) is 16.3. The van der Waals surface area contributed by atoms with E-state index in [9.17, 15) is 24.3 Å². The Hall–Kier alpha value is -3.66. The lowest BCUT2D eigenvalue weighted by molar-refractivity contribution is -0.145. The van der Waals surface area contributed by atoms with Gasteiger partial charge < -0.3 is 25.4 Å². The normalized spacial score (nSPS) is 16.0. The highest BCUT2D eigenvalue weighted by Gasteiger charge is 2.32. The zero-order valence-corrected chi connectivity index (χ0v) is 16.3. The number of rotatable bonds is 6. The molecule has 1 atom stereocenters. The molecule has 2 aromatic rings. The van der Waals surface area contributed by atoms with E-state index < -0.39 is 23.9 Å². The van der Waals surface area contributed by atoms with Crippen LogP contribution >= 0.6 is 0 Å². The first kappa shape index (κ1) is 21.1. The van der Waals surface area contributed by atoms with Crippen LogP contribution < -0.4 is 5.32 Å². The van der Waals surface area contributed by atoms with E-state index in [4.69, 9.17) is 5.11 Å². The van der Waals surface area contributed by atoms with Crippen LogP contribution in [0, 0.1) is 0 Å². The number of hydrogen-bond acceptors (Lipinski definition) is 5. The van der Waals surface area contributed by atoms with E-state index >= 15 is 0 Å². The number of fused-ring (bicyclic) bond motifs is 1. The molecular formula is C20H22N4O6. The number of aromatic nitrogens is 1. The van der Waals surface area contributed by atoms with Crippen molar-refractivity contribution in [2.75, 3.05) is 31.5 Å². The third-order valence-electron chi connectivity index (χ3n) is 5.01. The summed E-state index contributed by atoms with van der Waals surface area (Å²) in [6, 6.07) is 4.08. The van der Waals surface area contributed by atoms with Gasteiger partial charge in [0.05, 0.1) is 0 Å². The first-order valence-corrected chi connectivity index (χ1v) is 9.31. The van der Waals surface area contributed by atoms with Crippen molar-refractivity contribution in [1.29, 1.82) is 0 Å². The Morgan fingerprint density at radius 3 is 2.40 bits per heavy atom. The van der Waals surface area contributed by atoms with Gasteiger partial charge in [0.15, 0.2) is 0 Å². The second-order valence-corrected chi connectivity index (χ2v) is 6.95. The molecule has 0 bridgehead atoms. The standard InChI is InChI=1S/C20H22N4O6/c1-12(25)23-6-8-24(9-7-23)19(20(29)30)15-11-21-16-3-2-13(10-14(15)16)22-17(26)4-5-18(27)28/h2-5,10-11,19,21H,6-9H2,1H3,(H,22,26)(H,27,28)(H,29,30). The Balaban J connectivity index is 1.86. The number of nitrogens with zero attached hydrogens (tertiary/aromatic N) is 2. The number of benzene rings is 1. The summed E-state index contributed by atoms with van der Waals surface area (Å²) in [6.45, 7) is 3.27. The number of carbonyl (C=O) groups is 4. The molecule has 10 heteroatoms. The summed E-state index contributed by atoms with van der Waals surface area (Å²) in [4.78, 5) is 52.6. The minimum Gasteiger partial charge on any atom is -0.480 e. The third-order valence-corrected chi connectivity index (χ3v) is 5.01. The second kappa shape index (κ2) is 8.78. The summed E-state index contributed by atoms with van der Waals surface area (Å²) in [5, 5.41) is 21.7. The Morgan fingerprint density at radius 2 is 1.80 bits per heavy atom. The van der Waals surface area contributed by atoms with E-state index in [0.29, 0.717) is 48.3 Å². The molecule has 1 unspecified atom stereocenters. The highest BCUT2D eigenvalue weighted by Crippen LogP contribution is 2.31. The van der Waals surface area contributed by atoms with Crippen LogP contribution in [0.5, 0.6) is 0 Å². The average Bonchev–Trinajstić information content (AvgIpc) is 3.09. The molecule has 30 heavy (non-hydrogen) atoms. The number of H-pyrrole nitrogens is 1. The summed E-state index contributed by atoms with van der Waals surface area (Å²) in [7, 11) is 0. The van der Waals surface area contributed by atoms with Crippen LogP contribution in [0.15, 0.2) is 36.5 Å². The minimum atomic E-state index is -1.23. The van der Waals surface area contributed by atoms with E-state index in [-0.39, 0.29) is 5.91 Å². The number of aromatic amines is 1. The minimum absolute atomic E-state index is 0.0362. The van der Waals surface area contributed by atoms with Crippen molar-refractivity contribution in [3.63, 3.8) is 0 Å². The molecule has 0 aliphatic carbocycles. The van der Waals surface area contributed by atoms with Crippen LogP contribution in [0.25, 0.3) is 10.9 Å². The molecule has 2 heterocycles. The SMILES string of the molecule is CC(=O)N1CCN(C(C(=O)O)c2c[nH]c3ccc(NC(=O)C=CC(=O)O)cc23)CC1. The maximum Gasteiger partial charge on any atom is 0.328 e. The summed E-state index contributed by atoms with van der Waals surface area (Å²) in [5.41, 5.74) is 1.66. The first-order valence-electron chi connectivity index (χ1n) is 9.31. The molecule has 1 aromatic heterocycles. The van der Waals surface area contributed by atoms with Gasteiger partial charge in [-0.25, -0.2) is 4.79 Å². The van der Waals surface area contributed by atoms with Gasteiger partial charge in [-0.3, -0.25) is 19.3 Å². The lowest BCUT2D eigenvalue weighted by atomic mass is 10.0. The Labute approximate surface area is 171 Å². The van der Waals surface area contributed by atoms with Crippen molar-refractivity contribution in [1.82, 2.24) is 14.8 Å². The van der Waals surface area contributed by atoms with Crippen LogP contribution in [0.1, 0.15) is 18.5 Å². The Bertz CT molecular complexity index is 1020. The van der Waals surface area contributed by atoms with E-state index in [1.54, 1.807) is 29.3 Å². The van der Waals surface area contributed by atoms with E-state index in [1.807, 2.05) is 4.90 Å². The summed E-state index contributed by atoms with van der Waals surface area (Å²) < 4.78 is 0. The monoisotopic (exact) mass is 414 g/mol. The van der Waals surface area contributed by atoms with Crippen molar-refractivity contribution in [2.24, 2.45) is 0 Å². The van der Waals surface area contributed by atoms with Crippen molar-refractivity contribution in [3.8, 4) is 0 Å². The average molecular weight is 414 g/mol. The van der Waals surface area contributed by atoms with Crippen LogP contribution in [0.2, 0.25) is 0 Å². The number of amides is 2. The van der Waals surface area contributed by atoms with E-state index in [0.717, 1.165) is 12.2 Å². The summed E-state index contributed by atoms with van der Waals surface area (Å²) in [6.07, 6.45) is 3.27. The quantitative estimate of drug-likeness (QED) is 0.517. The fraction of sp³-hybridized carbons (Fsp3) is 0.300. The molecule has 0 radical (unpaired) electrons. The molecule has 1 aliphatic rings. The van der Waals surface area contributed by atoms with Gasteiger partial charge in [-0.05, 0) is 18.2 Å². The third kappa shape index (κ3) is 4.66. The lowest BCUT2D eigenvalue weighted by Crippen LogP contribution is -2.50. The number of hydrogen-bond donors (Lipinski definition) is 4. The van der Waals surface area contributed by atoms with Crippen molar-refractivity contribution < 1.29 is 29.4 Å². The van der Waals surface area contributed by atoms with Gasteiger partial charge in [0.25, 0.3) is 0 Å². The highest BCUT2D eigenvalue weighted by molar-refractivity contribution is 6.03. The molecular weight excluding hydrogens is 392 g/mol. The molecule has 0 spiro atoms. The molecule has 2 amide bonds. The van der Waals surface area contributed by atoms with Gasteiger partial charge in [0, 0.05) is 73.6 Å². The number of carboxylic acid groups (broad SMARTS) is 2. The van der Waals surface area contributed by atoms with Gasteiger partial charge in [0.2, 0.25) is 11.8 Å². The molecule has 1 fully saturated rings. The largest absolute Gasteiger partial charge is 0.480 e. The first-order chi connectivity index (χ1) is 14.3.